The van der Waals surface area contributed by atoms with Gasteiger partial charge in [0.05, 0.1) is 12.0 Å². The van der Waals surface area contributed by atoms with E-state index in [1.165, 1.54) is 0 Å². The van der Waals surface area contributed by atoms with Crippen molar-refractivity contribution in [2.24, 2.45) is 5.92 Å². The van der Waals surface area contributed by atoms with Gasteiger partial charge in [0.2, 0.25) is 0 Å². The predicted octanol–water partition coefficient (Wildman–Crippen LogP) is 2.65. The lowest BCUT2D eigenvalue weighted by atomic mass is 9.95. The summed E-state index contributed by atoms with van der Waals surface area (Å²) >= 11 is 9.16. The standard InChI is InChI=1S/C12H11BrClNO3/c13-10-2-1-8(14)4-9(10)12(18)15-5-7(6-15)3-11(16)17/h1-2,4,7H,3,5-6H2,(H,16,17). The maximum absolute atomic E-state index is 12.1. The van der Waals surface area contributed by atoms with Crippen LogP contribution in [0.3, 0.4) is 0 Å². The van der Waals surface area contributed by atoms with Crippen LogP contribution in [0.1, 0.15) is 16.8 Å². The van der Waals surface area contributed by atoms with Gasteiger partial charge in [-0.3, -0.25) is 9.59 Å². The Morgan fingerprint density at radius 1 is 1.44 bits per heavy atom. The Kier molecular flexibility index (Phi) is 3.92. The minimum atomic E-state index is -0.823. The lowest BCUT2D eigenvalue weighted by molar-refractivity contribution is -0.139. The molecule has 0 bridgehead atoms. The van der Waals surface area contributed by atoms with E-state index in [0.29, 0.717) is 28.1 Å². The minimum Gasteiger partial charge on any atom is -0.481 e. The van der Waals surface area contributed by atoms with Crippen molar-refractivity contribution in [1.82, 2.24) is 4.90 Å². The highest BCUT2D eigenvalue weighted by atomic mass is 79.9. The van der Waals surface area contributed by atoms with Crippen LogP contribution in [0.25, 0.3) is 0 Å². The van der Waals surface area contributed by atoms with Crippen molar-refractivity contribution in [2.75, 3.05) is 13.1 Å². The van der Waals surface area contributed by atoms with E-state index in [1.54, 1.807) is 23.1 Å². The zero-order valence-electron chi connectivity index (χ0n) is 9.40. The zero-order chi connectivity index (χ0) is 13.3. The van der Waals surface area contributed by atoms with E-state index in [4.69, 9.17) is 16.7 Å². The summed E-state index contributed by atoms with van der Waals surface area (Å²) in [5, 5.41) is 9.15. The molecule has 1 aliphatic rings. The first-order chi connectivity index (χ1) is 8.47. The van der Waals surface area contributed by atoms with Crippen molar-refractivity contribution < 1.29 is 14.7 Å². The first-order valence-corrected chi connectivity index (χ1v) is 6.60. The number of aliphatic carboxylic acids is 1. The summed E-state index contributed by atoms with van der Waals surface area (Å²) in [7, 11) is 0. The van der Waals surface area contributed by atoms with Gasteiger partial charge in [0.25, 0.3) is 5.91 Å². The molecule has 2 rings (SSSR count). The fourth-order valence-corrected chi connectivity index (χ4v) is 2.53. The number of nitrogens with zero attached hydrogens (tertiary/aromatic N) is 1. The van der Waals surface area contributed by atoms with Crippen LogP contribution in [0.15, 0.2) is 22.7 Å². The van der Waals surface area contributed by atoms with E-state index in [0.717, 1.165) is 0 Å². The van der Waals surface area contributed by atoms with Crippen molar-refractivity contribution in [1.29, 1.82) is 0 Å². The van der Waals surface area contributed by atoms with Crippen LogP contribution in [0.4, 0.5) is 0 Å². The monoisotopic (exact) mass is 331 g/mol. The summed E-state index contributed by atoms with van der Waals surface area (Å²) < 4.78 is 0.693. The summed E-state index contributed by atoms with van der Waals surface area (Å²) in [4.78, 5) is 24.3. The molecule has 0 aliphatic carbocycles. The molecule has 96 valence electrons. The number of hydrogen-bond donors (Lipinski definition) is 1. The Morgan fingerprint density at radius 3 is 2.72 bits per heavy atom. The highest BCUT2D eigenvalue weighted by Crippen LogP contribution is 2.26. The number of halogens is 2. The number of carboxylic acids is 1. The average molecular weight is 333 g/mol. The number of hydrogen-bond acceptors (Lipinski definition) is 2. The van der Waals surface area contributed by atoms with Crippen LogP contribution in [-0.4, -0.2) is 35.0 Å². The molecule has 6 heteroatoms. The number of carbonyl (C=O) groups excluding carboxylic acids is 1. The number of rotatable bonds is 3. The molecule has 18 heavy (non-hydrogen) atoms. The van der Waals surface area contributed by atoms with Gasteiger partial charge >= 0.3 is 5.97 Å². The smallest absolute Gasteiger partial charge is 0.303 e. The molecule has 1 aliphatic heterocycles. The molecule has 0 unspecified atom stereocenters. The molecule has 1 saturated heterocycles. The number of carbonyl (C=O) groups is 2. The second kappa shape index (κ2) is 5.28. The fraction of sp³-hybridized carbons (Fsp3) is 0.333. The van der Waals surface area contributed by atoms with Gasteiger partial charge in [-0.25, -0.2) is 0 Å². The Hall–Kier alpha value is -1.07. The van der Waals surface area contributed by atoms with Gasteiger partial charge in [-0.1, -0.05) is 11.6 Å². The van der Waals surface area contributed by atoms with Crippen molar-refractivity contribution in [3.05, 3.63) is 33.3 Å². The predicted molar refractivity (Wildman–Crippen MR) is 70.8 cm³/mol. The molecule has 0 saturated carbocycles. The van der Waals surface area contributed by atoms with Gasteiger partial charge in [0.15, 0.2) is 0 Å². The Morgan fingerprint density at radius 2 is 2.11 bits per heavy atom. The van der Waals surface area contributed by atoms with E-state index in [-0.39, 0.29) is 18.2 Å². The molecule has 1 fully saturated rings. The third-order valence-corrected chi connectivity index (χ3v) is 3.79. The summed E-state index contributed by atoms with van der Waals surface area (Å²) in [5.74, 6) is -0.883. The minimum absolute atomic E-state index is 0.0596. The zero-order valence-corrected chi connectivity index (χ0v) is 11.7. The lowest BCUT2D eigenvalue weighted by Gasteiger charge is -2.38. The molecule has 1 N–H and O–H groups in total. The molecular formula is C12H11BrClNO3. The van der Waals surface area contributed by atoms with Crippen molar-refractivity contribution in [3.63, 3.8) is 0 Å². The van der Waals surface area contributed by atoms with E-state index in [9.17, 15) is 9.59 Å². The van der Waals surface area contributed by atoms with Gasteiger partial charge in [-0.15, -0.1) is 0 Å². The van der Waals surface area contributed by atoms with Crippen LogP contribution in [0.2, 0.25) is 5.02 Å². The Bertz CT molecular complexity index is 500. The summed E-state index contributed by atoms with van der Waals surface area (Å²) in [6.07, 6.45) is 0.112. The first kappa shape index (κ1) is 13.4. The van der Waals surface area contributed by atoms with E-state index < -0.39 is 5.97 Å². The molecule has 1 heterocycles. The van der Waals surface area contributed by atoms with Crippen molar-refractivity contribution in [3.8, 4) is 0 Å². The normalized spacial score (nSPS) is 15.3. The summed E-state index contributed by atoms with van der Waals surface area (Å²) in [6.45, 7) is 0.980. The van der Waals surface area contributed by atoms with Crippen LogP contribution < -0.4 is 0 Å². The number of amides is 1. The van der Waals surface area contributed by atoms with E-state index >= 15 is 0 Å². The number of benzene rings is 1. The van der Waals surface area contributed by atoms with Gasteiger partial charge in [-0.2, -0.15) is 0 Å². The largest absolute Gasteiger partial charge is 0.481 e. The summed E-state index contributed by atoms with van der Waals surface area (Å²) in [6, 6.07) is 5.04. The third kappa shape index (κ3) is 2.84. The highest BCUT2D eigenvalue weighted by molar-refractivity contribution is 9.10. The first-order valence-electron chi connectivity index (χ1n) is 5.43. The van der Waals surface area contributed by atoms with Crippen molar-refractivity contribution >= 4 is 39.4 Å². The average Bonchev–Trinajstić information content (AvgIpc) is 2.25. The fourth-order valence-electron chi connectivity index (χ4n) is 1.94. The molecule has 0 aromatic heterocycles. The molecular weight excluding hydrogens is 321 g/mol. The molecule has 1 aromatic rings. The van der Waals surface area contributed by atoms with E-state index in [2.05, 4.69) is 15.9 Å². The number of carboxylic acid groups (broad SMARTS) is 1. The molecule has 0 radical (unpaired) electrons. The van der Waals surface area contributed by atoms with Gasteiger partial charge in [-0.05, 0) is 34.1 Å². The molecule has 1 aromatic carbocycles. The second-order valence-corrected chi connectivity index (χ2v) is 5.59. The summed E-state index contributed by atoms with van der Waals surface area (Å²) in [5.41, 5.74) is 0.510. The third-order valence-electron chi connectivity index (χ3n) is 2.87. The molecule has 0 spiro atoms. The van der Waals surface area contributed by atoms with Crippen LogP contribution in [0.5, 0.6) is 0 Å². The molecule has 4 nitrogen and oxygen atoms in total. The Balaban J connectivity index is 2.01. The van der Waals surface area contributed by atoms with Crippen LogP contribution in [-0.2, 0) is 4.79 Å². The second-order valence-electron chi connectivity index (χ2n) is 4.30. The van der Waals surface area contributed by atoms with Gasteiger partial charge < -0.3 is 10.0 Å². The van der Waals surface area contributed by atoms with Crippen LogP contribution in [0, 0.1) is 5.92 Å². The van der Waals surface area contributed by atoms with E-state index in [1.807, 2.05) is 0 Å². The quantitative estimate of drug-likeness (QED) is 0.926. The number of likely N-dealkylation sites (tertiary alicyclic amines) is 1. The SMILES string of the molecule is O=C(O)CC1CN(C(=O)c2cc(Cl)ccc2Br)C1. The Labute approximate surface area is 118 Å². The van der Waals surface area contributed by atoms with Gasteiger partial charge in [0, 0.05) is 28.5 Å². The van der Waals surface area contributed by atoms with Crippen LogP contribution >= 0.6 is 27.5 Å². The molecule has 1 amide bonds. The van der Waals surface area contributed by atoms with Crippen molar-refractivity contribution in [2.45, 2.75) is 6.42 Å². The van der Waals surface area contributed by atoms with Gasteiger partial charge in [0.1, 0.15) is 0 Å². The maximum Gasteiger partial charge on any atom is 0.303 e. The lowest BCUT2D eigenvalue weighted by Crippen LogP contribution is -2.50. The highest BCUT2D eigenvalue weighted by Gasteiger charge is 2.33. The maximum atomic E-state index is 12.1. The molecule has 0 atom stereocenters. The topological polar surface area (TPSA) is 57.6 Å².